The standard InChI is InChI=1S/C27H44NO3/c1-3-4-5-6-7-8-12-18-28(2)23-15-16-24(28)21-25(20-23)31-27(30)26(17-19-29)22-13-10-9-11-14-22/h9-11,13-14,23-26,29H,3-8,12,15-21H2,1-2H3/q+1. The molecule has 3 atom stereocenters. The first-order valence-electron chi connectivity index (χ1n) is 12.8. The van der Waals surface area contributed by atoms with E-state index < -0.39 is 0 Å². The Labute approximate surface area is 189 Å². The molecule has 2 bridgehead atoms. The van der Waals surface area contributed by atoms with Crippen LogP contribution >= 0.6 is 0 Å². The maximum Gasteiger partial charge on any atom is 0.313 e. The van der Waals surface area contributed by atoms with E-state index in [2.05, 4.69) is 14.0 Å². The van der Waals surface area contributed by atoms with Gasteiger partial charge in [-0.25, -0.2) is 0 Å². The van der Waals surface area contributed by atoms with E-state index in [0.717, 1.165) is 18.4 Å². The van der Waals surface area contributed by atoms with Gasteiger partial charge in [-0.15, -0.1) is 0 Å². The van der Waals surface area contributed by atoms with Gasteiger partial charge in [0.05, 0.1) is 31.6 Å². The minimum absolute atomic E-state index is 0.00200. The van der Waals surface area contributed by atoms with Crippen molar-refractivity contribution in [3.8, 4) is 0 Å². The van der Waals surface area contributed by atoms with Gasteiger partial charge < -0.3 is 14.3 Å². The zero-order valence-corrected chi connectivity index (χ0v) is 19.8. The number of fused-ring (bicyclic) bond motifs is 2. The van der Waals surface area contributed by atoms with Crippen LogP contribution in [0, 0.1) is 0 Å². The van der Waals surface area contributed by atoms with Gasteiger partial charge in [0, 0.05) is 32.3 Å². The van der Waals surface area contributed by atoms with Gasteiger partial charge in [-0.2, -0.15) is 0 Å². The van der Waals surface area contributed by atoms with Crippen molar-refractivity contribution >= 4 is 5.97 Å². The first-order valence-corrected chi connectivity index (χ1v) is 12.8. The number of nitrogens with zero attached hydrogens (tertiary/aromatic N) is 1. The van der Waals surface area contributed by atoms with E-state index in [9.17, 15) is 9.90 Å². The second-order valence-electron chi connectivity index (χ2n) is 10.1. The molecule has 0 radical (unpaired) electrons. The summed E-state index contributed by atoms with van der Waals surface area (Å²) in [5.41, 5.74) is 0.944. The van der Waals surface area contributed by atoms with Crippen LogP contribution in [0.1, 0.15) is 95.5 Å². The first-order chi connectivity index (χ1) is 15.1. The van der Waals surface area contributed by atoms with E-state index in [1.54, 1.807) is 0 Å². The number of carbonyl (C=O) groups excluding carboxylic acids is 1. The third-order valence-corrected chi connectivity index (χ3v) is 8.00. The van der Waals surface area contributed by atoms with Gasteiger partial charge in [-0.1, -0.05) is 69.4 Å². The fourth-order valence-electron chi connectivity index (χ4n) is 6.05. The molecular formula is C27H44NO3+. The van der Waals surface area contributed by atoms with E-state index in [1.807, 2.05) is 30.3 Å². The number of piperidine rings is 1. The van der Waals surface area contributed by atoms with Crippen LogP contribution in [0.2, 0.25) is 0 Å². The van der Waals surface area contributed by atoms with Crippen molar-refractivity contribution in [2.75, 3.05) is 20.2 Å². The topological polar surface area (TPSA) is 46.5 Å². The lowest BCUT2D eigenvalue weighted by Gasteiger charge is -2.47. The van der Waals surface area contributed by atoms with Crippen molar-refractivity contribution < 1.29 is 19.1 Å². The molecule has 31 heavy (non-hydrogen) atoms. The molecule has 0 saturated carbocycles. The molecule has 0 aromatic heterocycles. The van der Waals surface area contributed by atoms with E-state index >= 15 is 0 Å². The van der Waals surface area contributed by atoms with Gasteiger partial charge in [0.25, 0.3) is 0 Å². The van der Waals surface area contributed by atoms with E-state index in [0.29, 0.717) is 18.5 Å². The zero-order valence-electron chi connectivity index (χ0n) is 19.8. The number of ether oxygens (including phenoxy) is 1. The highest BCUT2D eigenvalue weighted by atomic mass is 16.5. The Kier molecular flexibility index (Phi) is 9.40. The minimum atomic E-state index is -0.362. The molecule has 1 aromatic carbocycles. The summed E-state index contributed by atoms with van der Waals surface area (Å²) in [5.74, 6) is -0.521. The van der Waals surface area contributed by atoms with Crippen LogP contribution in [-0.4, -0.2) is 53.9 Å². The summed E-state index contributed by atoms with van der Waals surface area (Å²) >= 11 is 0. The van der Waals surface area contributed by atoms with Crippen LogP contribution in [0.25, 0.3) is 0 Å². The summed E-state index contributed by atoms with van der Waals surface area (Å²) in [6, 6.07) is 11.0. The molecule has 2 fully saturated rings. The van der Waals surface area contributed by atoms with Gasteiger partial charge >= 0.3 is 5.97 Å². The van der Waals surface area contributed by atoms with Crippen LogP contribution in [0.3, 0.4) is 0 Å². The van der Waals surface area contributed by atoms with Gasteiger partial charge in [-0.05, 0) is 24.8 Å². The number of hydrogen-bond donors (Lipinski definition) is 1. The summed E-state index contributed by atoms with van der Waals surface area (Å²) in [6.07, 6.45) is 14.5. The second kappa shape index (κ2) is 12.0. The maximum absolute atomic E-state index is 13.0. The Morgan fingerprint density at radius 3 is 2.26 bits per heavy atom. The van der Waals surface area contributed by atoms with Crippen molar-refractivity contribution in [2.45, 2.75) is 108 Å². The van der Waals surface area contributed by atoms with Crippen molar-refractivity contribution in [2.24, 2.45) is 0 Å². The average Bonchev–Trinajstić information content (AvgIpc) is 2.93. The molecule has 0 amide bonds. The largest absolute Gasteiger partial charge is 0.461 e. The van der Waals surface area contributed by atoms with Gasteiger partial charge in [0.1, 0.15) is 6.10 Å². The molecule has 4 nitrogen and oxygen atoms in total. The molecule has 3 unspecified atom stereocenters. The van der Waals surface area contributed by atoms with Gasteiger partial charge in [0.2, 0.25) is 0 Å². The minimum Gasteiger partial charge on any atom is -0.461 e. The summed E-state index contributed by atoms with van der Waals surface area (Å²) in [7, 11) is 2.45. The SMILES string of the molecule is CCCCCCCCC[N+]1(C)C2CCC1CC(OC(=O)C(CCO)c1ccccc1)C2. The predicted octanol–water partition coefficient (Wildman–Crippen LogP) is 5.59. The lowest BCUT2D eigenvalue weighted by Crippen LogP contribution is -2.59. The number of quaternary nitrogens is 1. The van der Waals surface area contributed by atoms with Gasteiger partial charge in [0.15, 0.2) is 0 Å². The first kappa shape index (κ1) is 24.3. The molecular weight excluding hydrogens is 386 g/mol. The smallest absolute Gasteiger partial charge is 0.313 e. The summed E-state index contributed by atoms with van der Waals surface area (Å²) in [4.78, 5) is 13.0. The monoisotopic (exact) mass is 430 g/mol. The number of carbonyl (C=O) groups is 1. The summed E-state index contributed by atoms with van der Waals surface area (Å²) in [5, 5.41) is 9.47. The molecule has 1 N–H and O–H groups in total. The van der Waals surface area contributed by atoms with Crippen molar-refractivity contribution in [3.05, 3.63) is 35.9 Å². The molecule has 4 heteroatoms. The molecule has 2 aliphatic heterocycles. The number of benzene rings is 1. The van der Waals surface area contributed by atoms with Crippen molar-refractivity contribution in [3.63, 3.8) is 0 Å². The number of aliphatic hydroxyl groups is 1. The molecule has 3 rings (SSSR count). The predicted molar refractivity (Wildman–Crippen MR) is 126 cm³/mol. The number of esters is 1. The van der Waals surface area contributed by atoms with E-state index in [4.69, 9.17) is 4.74 Å². The number of unbranched alkanes of at least 4 members (excludes halogenated alkanes) is 6. The normalized spacial score (nSPS) is 28.4. The quantitative estimate of drug-likeness (QED) is 0.252. The highest BCUT2D eigenvalue weighted by Gasteiger charge is 2.52. The summed E-state index contributed by atoms with van der Waals surface area (Å²) in [6.45, 7) is 3.55. The Hall–Kier alpha value is -1.39. The van der Waals surface area contributed by atoms with E-state index in [1.165, 1.54) is 68.8 Å². The Morgan fingerprint density at radius 2 is 1.65 bits per heavy atom. The zero-order chi connectivity index (χ0) is 22.1. The Morgan fingerprint density at radius 1 is 1.03 bits per heavy atom. The molecule has 2 aliphatic rings. The lowest BCUT2D eigenvalue weighted by atomic mass is 9.94. The molecule has 2 heterocycles. The molecule has 0 aliphatic carbocycles. The molecule has 174 valence electrons. The molecule has 0 spiro atoms. The Balaban J connectivity index is 1.49. The average molecular weight is 431 g/mol. The van der Waals surface area contributed by atoms with Gasteiger partial charge in [-0.3, -0.25) is 4.79 Å². The van der Waals surface area contributed by atoms with Crippen LogP contribution in [-0.2, 0) is 9.53 Å². The number of hydrogen-bond acceptors (Lipinski definition) is 3. The highest BCUT2D eigenvalue weighted by Crippen LogP contribution is 2.43. The number of aliphatic hydroxyl groups excluding tert-OH is 1. The lowest BCUT2D eigenvalue weighted by molar-refractivity contribution is -0.949. The fourth-order valence-corrected chi connectivity index (χ4v) is 6.05. The third kappa shape index (κ3) is 6.32. The van der Waals surface area contributed by atoms with E-state index in [-0.39, 0.29) is 24.6 Å². The second-order valence-corrected chi connectivity index (χ2v) is 10.1. The number of rotatable bonds is 13. The van der Waals surface area contributed by atoms with Crippen LogP contribution < -0.4 is 0 Å². The molecule has 2 saturated heterocycles. The highest BCUT2D eigenvalue weighted by molar-refractivity contribution is 5.78. The third-order valence-electron chi connectivity index (χ3n) is 8.00. The Bertz CT molecular complexity index is 648. The van der Waals surface area contributed by atoms with Crippen molar-refractivity contribution in [1.82, 2.24) is 0 Å². The van der Waals surface area contributed by atoms with Crippen LogP contribution in [0.5, 0.6) is 0 Å². The van der Waals surface area contributed by atoms with Crippen LogP contribution in [0.4, 0.5) is 0 Å². The summed E-state index contributed by atoms with van der Waals surface area (Å²) < 4.78 is 7.25. The molecule has 1 aromatic rings. The fraction of sp³-hybridized carbons (Fsp3) is 0.741. The van der Waals surface area contributed by atoms with Crippen molar-refractivity contribution in [1.29, 1.82) is 0 Å². The van der Waals surface area contributed by atoms with Crippen LogP contribution in [0.15, 0.2) is 30.3 Å². The maximum atomic E-state index is 13.0.